The summed E-state index contributed by atoms with van der Waals surface area (Å²) in [7, 11) is 0. The van der Waals surface area contributed by atoms with E-state index in [0.717, 1.165) is 17.8 Å². The van der Waals surface area contributed by atoms with Gasteiger partial charge in [0.05, 0.1) is 5.56 Å². The zero-order chi connectivity index (χ0) is 13.3. The van der Waals surface area contributed by atoms with Gasteiger partial charge < -0.3 is 10.3 Å². The SMILES string of the molecule is Cc1cnc(Nc2cc(Cl)cc(C(F)(F)F)c2)[nH]1. The van der Waals surface area contributed by atoms with E-state index in [1.165, 1.54) is 6.07 Å². The number of nitrogens with one attached hydrogen (secondary N) is 2. The molecule has 18 heavy (non-hydrogen) atoms. The number of benzene rings is 1. The molecule has 96 valence electrons. The molecule has 0 unspecified atom stereocenters. The van der Waals surface area contributed by atoms with Gasteiger partial charge in [-0.1, -0.05) is 11.6 Å². The van der Waals surface area contributed by atoms with Crippen molar-refractivity contribution in [2.75, 3.05) is 5.32 Å². The maximum absolute atomic E-state index is 12.6. The number of nitrogens with zero attached hydrogens (tertiary/aromatic N) is 1. The van der Waals surface area contributed by atoms with Crippen LogP contribution in [0, 0.1) is 6.92 Å². The van der Waals surface area contributed by atoms with Crippen molar-refractivity contribution >= 4 is 23.2 Å². The maximum atomic E-state index is 12.6. The van der Waals surface area contributed by atoms with Crippen LogP contribution in [0.15, 0.2) is 24.4 Å². The molecule has 0 saturated carbocycles. The lowest BCUT2D eigenvalue weighted by atomic mass is 10.2. The summed E-state index contributed by atoms with van der Waals surface area (Å²) in [6, 6.07) is 3.25. The van der Waals surface area contributed by atoms with E-state index in [1.54, 1.807) is 13.1 Å². The lowest BCUT2D eigenvalue weighted by Gasteiger charge is -2.10. The fourth-order valence-electron chi connectivity index (χ4n) is 1.44. The second kappa shape index (κ2) is 4.53. The largest absolute Gasteiger partial charge is 0.416 e. The Kier molecular flexibility index (Phi) is 3.21. The molecule has 0 bridgehead atoms. The second-order valence-electron chi connectivity index (χ2n) is 3.77. The quantitative estimate of drug-likeness (QED) is 0.865. The van der Waals surface area contributed by atoms with Crippen LogP contribution in [0.25, 0.3) is 0 Å². The zero-order valence-electron chi connectivity index (χ0n) is 9.27. The van der Waals surface area contributed by atoms with Crippen LogP contribution in [-0.4, -0.2) is 9.97 Å². The predicted molar refractivity (Wildman–Crippen MR) is 63.1 cm³/mol. The summed E-state index contributed by atoms with van der Waals surface area (Å²) in [6.45, 7) is 1.79. The number of aryl methyl sites for hydroxylation is 1. The van der Waals surface area contributed by atoms with E-state index >= 15 is 0 Å². The first-order valence-corrected chi connectivity index (χ1v) is 5.39. The molecule has 0 fully saturated rings. The summed E-state index contributed by atoms with van der Waals surface area (Å²) in [5.74, 6) is 0.364. The van der Waals surface area contributed by atoms with Crippen LogP contribution >= 0.6 is 11.6 Å². The first-order chi connectivity index (χ1) is 8.34. The fourth-order valence-corrected chi connectivity index (χ4v) is 1.67. The molecule has 0 radical (unpaired) electrons. The van der Waals surface area contributed by atoms with Gasteiger partial charge in [-0.25, -0.2) is 4.98 Å². The Hall–Kier alpha value is -1.69. The van der Waals surface area contributed by atoms with Gasteiger partial charge in [0, 0.05) is 22.6 Å². The molecule has 2 aromatic rings. The van der Waals surface area contributed by atoms with Crippen LogP contribution in [0.5, 0.6) is 0 Å². The standard InChI is InChI=1S/C11H9ClF3N3/c1-6-5-16-10(17-6)18-9-3-7(11(13,14)15)2-8(12)4-9/h2-5H,1H3,(H2,16,17,18). The maximum Gasteiger partial charge on any atom is 0.416 e. The molecule has 0 spiro atoms. The minimum atomic E-state index is -4.43. The van der Waals surface area contributed by atoms with Crippen LogP contribution in [-0.2, 0) is 6.18 Å². The minimum Gasteiger partial charge on any atom is -0.328 e. The number of anilines is 2. The van der Waals surface area contributed by atoms with Crippen molar-refractivity contribution in [3.05, 3.63) is 40.7 Å². The molecule has 0 saturated heterocycles. The highest BCUT2D eigenvalue weighted by atomic mass is 35.5. The molecular weight excluding hydrogens is 267 g/mol. The smallest absolute Gasteiger partial charge is 0.328 e. The molecule has 0 aliphatic heterocycles. The molecule has 0 amide bonds. The molecule has 0 aliphatic rings. The van der Waals surface area contributed by atoms with E-state index < -0.39 is 11.7 Å². The average molecular weight is 276 g/mol. The highest BCUT2D eigenvalue weighted by Crippen LogP contribution is 2.33. The number of aromatic amines is 1. The molecule has 2 N–H and O–H groups in total. The molecule has 7 heteroatoms. The van der Waals surface area contributed by atoms with Crippen LogP contribution in [0.3, 0.4) is 0 Å². The molecule has 1 aromatic carbocycles. The number of alkyl halides is 3. The summed E-state index contributed by atoms with van der Waals surface area (Å²) < 4.78 is 37.7. The number of imidazole rings is 1. The van der Waals surface area contributed by atoms with Crippen LogP contribution < -0.4 is 5.32 Å². The van der Waals surface area contributed by atoms with Gasteiger partial charge in [0.1, 0.15) is 0 Å². The van der Waals surface area contributed by atoms with E-state index in [4.69, 9.17) is 11.6 Å². The number of hydrogen-bond donors (Lipinski definition) is 2. The Bertz CT molecular complexity index is 563. The van der Waals surface area contributed by atoms with E-state index in [-0.39, 0.29) is 10.7 Å². The summed E-state index contributed by atoms with van der Waals surface area (Å²) >= 11 is 5.66. The van der Waals surface area contributed by atoms with Gasteiger partial charge in [0.15, 0.2) is 0 Å². The fraction of sp³-hybridized carbons (Fsp3) is 0.182. The van der Waals surface area contributed by atoms with Crippen LogP contribution in [0.2, 0.25) is 5.02 Å². The van der Waals surface area contributed by atoms with Gasteiger partial charge in [-0.2, -0.15) is 13.2 Å². The summed E-state index contributed by atoms with van der Waals surface area (Å²) in [6.07, 6.45) is -2.86. The highest BCUT2D eigenvalue weighted by Gasteiger charge is 2.31. The number of hydrogen-bond acceptors (Lipinski definition) is 2. The van der Waals surface area contributed by atoms with Crippen molar-refractivity contribution in [3.8, 4) is 0 Å². The lowest BCUT2D eigenvalue weighted by molar-refractivity contribution is -0.137. The van der Waals surface area contributed by atoms with Crippen molar-refractivity contribution in [3.63, 3.8) is 0 Å². The Morgan fingerprint density at radius 3 is 2.56 bits per heavy atom. The Balaban J connectivity index is 2.31. The first kappa shape index (κ1) is 12.8. The van der Waals surface area contributed by atoms with Crippen molar-refractivity contribution in [2.45, 2.75) is 13.1 Å². The number of halogens is 4. The van der Waals surface area contributed by atoms with Gasteiger partial charge in [-0.05, 0) is 25.1 Å². The number of rotatable bonds is 2. The summed E-state index contributed by atoms with van der Waals surface area (Å²) in [4.78, 5) is 6.80. The van der Waals surface area contributed by atoms with Gasteiger partial charge in [-0.15, -0.1) is 0 Å². The van der Waals surface area contributed by atoms with Crippen molar-refractivity contribution in [1.29, 1.82) is 0 Å². The van der Waals surface area contributed by atoms with Gasteiger partial charge >= 0.3 is 6.18 Å². The number of aromatic nitrogens is 2. The first-order valence-electron chi connectivity index (χ1n) is 5.01. The summed E-state index contributed by atoms with van der Waals surface area (Å²) in [5.41, 5.74) is 0.223. The monoisotopic (exact) mass is 275 g/mol. The summed E-state index contributed by atoms with van der Waals surface area (Å²) in [5, 5.41) is 2.74. The molecule has 0 atom stereocenters. The van der Waals surface area contributed by atoms with E-state index in [9.17, 15) is 13.2 Å². The second-order valence-corrected chi connectivity index (χ2v) is 4.20. The molecule has 0 aliphatic carbocycles. The Labute approximate surface area is 106 Å². The molecular formula is C11H9ClF3N3. The predicted octanol–water partition coefficient (Wildman–Crippen LogP) is 4.13. The molecule has 3 nitrogen and oxygen atoms in total. The third-order valence-corrected chi connectivity index (χ3v) is 2.41. The minimum absolute atomic E-state index is 0.00982. The zero-order valence-corrected chi connectivity index (χ0v) is 10.0. The lowest BCUT2D eigenvalue weighted by Crippen LogP contribution is -2.05. The average Bonchev–Trinajstić information content (AvgIpc) is 2.61. The van der Waals surface area contributed by atoms with Gasteiger partial charge in [-0.3, -0.25) is 0 Å². The molecule has 1 heterocycles. The topological polar surface area (TPSA) is 40.7 Å². The number of H-pyrrole nitrogens is 1. The third-order valence-electron chi connectivity index (χ3n) is 2.19. The van der Waals surface area contributed by atoms with Crippen molar-refractivity contribution in [2.24, 2.45) is 0 Å². The van der Waals surface area contributed by atoms with Gasteiger partial charge in [0.25, 0.3) is 0 Å². The van der Waals surface area contributed by atoms with E-state index in [1.807, 2.05) is 0 Å². The van der Waals surface area contributed by atoms with E-state index in [0.29, 0.717) is 5.95 Å². The van der Waals surface area contributed by atoms with E-state index in [2.05, 4.69) is 15.3 Å². The normalized spacial score (nSPS) is 11.6. The van der Waals surface area contributed by atoms with Crippen molar-refractivity contribution < 1.29 is 13.2 Å². The molecule has 1 aromatic heterocycles. The van der Waals surface area contributed by atoms with Crippen LogP contribution in [0.1, 0.15) is 11.3 Å². The van der Waals surface area contributed by atoms with Crippen LogP contribution in [0.4, 0.5) is 24.8 Å². The molecule has 2 rings (SSSR count). The third kappa shape index (κ3) is 2.95. The van der Waals surface area contributed by atoms with Crippen molar-refractivity contribution in [1.82, 2.24) is 9.97 Å². The van der Waals surface area contributed by atoms with Gasteiger partial charge in [0.2, 0.25) is 5.95 Å². The highest BCUT2D eigenvalue weighted by molar-refractivity contribution is 6.31. The Morgan fingerprint density at radius 1 is 1.28 bits per heavy atom. The Morgan fingerprint density at radius 2 is 2.00 bits per heavy atom.